The Labute approximate surface area is 147 Å². The van der Waals surface area contributed by atoms with Crippen molar-refractivity contribution in [2.24, 2.45) is 18.4 Å². The molecule has 1 aliphatic heterocycles. The van der Waals surface area contributed by atoms with Crippen molar-refractivity contribution < 1.29 is 14.3 Å². The van der Waals surface area contributed by atoms with E-state index in [9.17, 15) is 4.79 Å². The summed E-state index contributed by atoms with van der Waals surface area (Å²) < 4.78 is 13.6. The number of rotatable bonds is 2. The predicted octanol–water partition coefficient (Wildman–Crippen LogP) is 2.95. The minimum absolute atomic E-state index is 0.106. The smallest absolute Gasteiger partial charge is 0.339 e. The van der Waals surface area contributed by atoms with Crippen LogP contribution in [0.15, 0.2) is 6.07 Å². The summed E-state index contributed by atoms with van der Waals surface area (Å²) in [6.07, 6.45) is 2.18. The number of nitrogens with zero attached hydrogens (tertiary/aromatic N) is 3. The summed E-state index contributed by atoms with van der Waals surface area (Å²) in [7, 11) is 1.84. The van der Waals surface area contributed by atoms with Gasteiger partial charge in [-0.25, -0.2) is 9.78 Å². The maximum absolute atomic E-state index is 13.0. The normalized spacial score (nSPS) is 27.6. The lowest BCUT2D eigenvalue weighted by Crippen LogP contribution is -2.65. The van der Waals surface area contributed by atoms with Crippen LogP contribution in [-0.4, -0.2) is 39.5 Å². The lowest BCUT2D eigenvalue weighted by Gasteiger charge is -2.58. The molecule has 0 bridgehead atoms. The first-order valence-electron chi connectivity index (χ1n) is 8.94. The van der Waals surface area contributed by atoms with Crippen molar-refractivity contribution in [1.82, 2.24) is 14.8 Å². The first kappa shape index (κ1) is 16.5. The zero-order valence-electron chi connectivity index (χ0n) is 15.5. The van der Waals surface area contributed by atoms with E-state index in [1.165, 1.54) is 0 Å². The van der Waals surface area contributed by atoms with Crippen LogP contribution < -0.4 is 0 Å². The molecule has 1 aliphatic carbocycles. The van der Waals surface area contributed by atoms with Crippen LogP contribution >= 0.6 is 0 Å². The summed E-state index contributed by atoms with van der Waals surface area (Å²) in [5, 5.41) is 5.19. The molecule has 0 aromatic carbocycles. The molecule has 4 rings (SSSR count). The van der Waals surface area contributed by atoms with Crippen molar-refractivity contribution in [3.8, 4) is 0 Å². The summed E-state index contributed by atoms with van der Waals surface area (Å²) >= 11 is 0. The minimum Gasteiger partial charge on any atom is -0.458 e. The molecular formula is C19H25N3O3. The molecule has 2 fully saturated rings. The van der Waals surface area contributed by atoms with E-state index >= 15 is 0 Å². The highest BCUT2D eigenvalue weighted by atomic mass is 16.6. The maximum Gasteiger partial charge on any atom is 0.339 e. The van der Waals surface area contributed by atoms with Crippen LogP contribution in [0.3, 0.4) is 0 Å². The zero-order valence-corrected chi connectivity index (χ0v) is 15.5. The number of carbonyl (C=O) groups is 1. The molecule has 2 aliphatic rings. The number of esters is 1. The minimum atomic E-state index is -0.284. The van der Waals surface area contributed by atoms with Crippen LogP contribution in [0.25, 0.3) is 11.0 Å². The van der Waals surface area contributed by atoms with Gasteiger partial charge in [0.15, 0.2) is 5.65 Å². The number of pyridine rings is 1. The fourth-order valence-electron chi connectivity index (χ4n) is 4.63. The summed E-state index contributed by atoms with van der Waals surface area (Å²) in [5.74, 6) is 0.0230. The van der Waals surface area contributed by atoms with Crippen LogP contribution in [0.1, 0.15) is 48.4 Å². The molecule has 0 radical (unpaired) electrons. The van der Waals surface area contributed by atoms with Crippen molar-refractivity contribution in [3.05, 3.63) is 23.0 Å². The van der Waals surface area contributed by atoms with Crippen molar-refractivity contribution in [3.63, 3.8) is 0 Å². The van der Waals surface area contributed by atoms with E-state index in [-0.39, 0.29) is 23.6 Å². The van der Waals surface area contributed by atoms with Gasteiger partial charge in [-0.2, -0.15) is 5.10 Å². The van der Waals surface area contributed by atoms with Gasteiger partial charge in [-0.3, -0.25) is 4.68 Å². The third-order valence-corrected chi connectivity index (χ3v) is 5.77. The molecule has 2 aromatic rings. The van der Waals surface area contributed by atoms with E-state index in [1.54, 1.807) is 10.7 Å². The van der Waals surface area contributed by atoms with Crippen molar-refractivity contribution in [1.29, 1.82) is 0 Å². The number of fused-ring (bicyclic) bond motifs is 2. The average Bonchev–Trinajstić information content (AvgIpc) is 2.86. The molecule has 6 heteroatoms. The van der Waals surface area contributed by atoms with Gasteiger partial charge >= 0.3 is 5.97 Å². The SMILES string of the molecule is Cc1cc(C(=O)O[C@@H]2[C@H]3CCCO[C@H]3C2(C)C)c2c(C)nn(C)c2n1. The molecular weight excluding hydrogens is 318 g/mol. The summed E-state index contributed by atoms with van der Waals surface area (Å²) in [6.45, 7) is 8.84. The van der Waals surface area contributed by atoms with Gasteiger partial charge in [-0.05, 0) is 32.8 Å². The maximum atomic E-state index is 13.0. The number of hydrogen-bond acceptors (Lipinski definition) is 5. The topological polar surface area (TPSA) is 66.2 Å². The monoisotopic (exact) mass is 343 g/mol. The number of aromatic nitrogens is 3. The lowest BCUT2D eigenvalue weighted by molar-refractivity contribution is -0.243. The Morgan fingerprint density at radius 3 is 2.92 bits per heavy atom. The van der Waals surface area contributed by atoms with Gasteiger partial charge in [0.2, 0.25) is 0 Å². The Balaban J connectivity index is 1.67. The molecule has 2 aromatic heterocycles. The fraction of sp³-hybridized carbons (Fsp3) is 0.632. The molecule has 25 heavy (non-hydrogen) atoms. The van der Waals surface area contributed by atoms with E-state index in [0.29, 0.717) is 11.5 Å². The number of ether oxygens (including phenoxy) is 2. The van der Waals surface area contributed by atoms with Gasteiger partial charge in [-0.1, -0.05) is 13.8 Å². The molecule has 6 nitrogen and oxygen atoms in total. The first-order valence-corrected chi connectivity index (χ1v) is 8.94. The molecule has 0 unspecified atom stereocenters. The standard InChI is InChI=1S/C19H25N3O3/c1-10-9-13(14-11(2)21-22(5)17(14)20-10)18(23)25-16-12-7-6-8-24-15(12)19(16,3)4/h9,12,15-16H,6-8H2,1-5H3/t12-,15+,16+/m0/s1. The molecule has 0 N–H and O–H groups in total. The third kappa shape index (κ3) is 2.38. The summed E-state index contributed by atoms with van der Waals surface area (Å²) in [5.41, 5.74) is 2.71. The van der Waals surface area contributed by atoms with Gasteiger partial charge in [0.25, 0.3) is 0 Å². The number of hydrogen-bond donors (Lipinski definition) is 0. The van der Waals surface area contributed by atoms with Gasteiger partial charge in [0.1, 0.15) is 6.10 Å². The summed E-state index contributed by atoms with van der Waals surface area (Å²) in [4.78, 5) is 17.5. The molecule has 3 atom stereocenters. The predicted molar refractivity (Wildman–Crippen MR) is 93.4 cm³/mol. The van der Waals surface area contributed by atoms with Crippen LogP contribution in [0, 0.1) is 25.2 Å². The Kier molecular flexibility index (Phi) is 3.65. The van der Waals surface area contributed by atoms with Gasteiger partial charge < -0.3 is 9.47 Å². The van der Waals surface area contributed by atoms with Gasteiger partial charge in [0.05, 0.1) is 22.7 Å². The highest BCUT2D eigenvalue weighted by Gasteiger charge is 2.60. The van der Waals surface area contributed by atoms with Crippen LogP contribution in [0.5, 0.6) is 0 Å². The van der Waals surface area contributed by atoms with Crippen molar-refractivity contribution in [2.45, 2.75) is 52.7 Å². The van der Waals surface area contributed by atoms with E-state index in [4.69, 9.17) is 9.47 Å². The van der Waals surface area contributed by atoms with Crippen molar-refractivity contribution >= 4 is 17.0 Å². The largest absolute Gasteiger partial charge is 0.458 e. The van der Waals surface area contributed by atoms with E-state index in [2.05, 4.69) is 23.9 Å². The highest BCUT2D eigenvalue weighted by Crippen LogP contribution is 2.53. The summed E-state index contributed by atoms with van der Waals surface area (Å²) in [6, 6.07) is 1.81. The second kappa shape index (κ2) is 5.53. The second-order valence-corrected chi connectivity index (χ2v) is 7.96. The fourth-order valence-corrected chi connectivity index (χ4v) is 4.63. The lowest BCUT2D eigenvalue weighted by atomic mass is 9.56. The average molecular weight is 343 g/mol. The second-order valence-electron chi connectivity index (χ2n) is 7.96. The zero-order chi connectivity index (χ0) is 17.9. The first-order chi connectivity index (χ1) is 11.8. The molecule has 3 heterocycles. The van der Waals surface area contributed by atoms with E-state index in [0.717, 1.165) is 41.9 Å². The molecule has 1 saturated carbocycles. The van der Waals surface area contributed by atoms with Crippen LogP contribution in [-0.2, 0) is 16.5 Å². The Morgan fingerprint density at radius 2 is 2.16 bits per heavy atom. The Bertz CT molecular complexity index is 855. The number of aryl methyl sites for hydroxylation is 3. The van der Waals surface area contributed by atoms with Crippen molar-refractivity contribution in [2.75, 3.05) is 6.61 Å². The van der Waals surface area contributed by atoms with Crippen LogP contribution in [0.4, 0.5) is 0 Å². The van der Waals surface area contributed by atoms with E-state index < -0.39 is 0 Å². The quantitative estimate of drug-likeness (QED) is 0.784. The molecule has 0 spiro atoms. The van der Waals surface area contributed by atoms with Gasteiger partial charge in [0, 0.05) is 30.7 Å². The Morgan fingerprint density at radius 1 is 1.40 bits per heavy atom. The number of carbonyl (C=O) groups excluding carboxylic acids is 1. The van der Waals surface area contributed by atoms with Gasteiger partial charge in [-0.15, -0.1) is 0 Å². The Hall–Kier alpha value is -1.95. The molecule has 134 valence electrons. The molecule has 1 saturated heterocycles. The molecule has 0 amide bonds. The highest BCUT2D eigenvalue weighted by molar-refractivity contribution is 6.04. The third-order valence-electron chi connectivity index (χ3n) is 5.77. The van der Waals surface area contributed by atoms with E-state index in [1.807, 2.05) is 20.9 Å². The van der Waals surface area contributed by atoms with Crippen LogP contribution in [0.2, 0.25) is 0 Å².